The van der Waals surface area contributed by atoms with Crippen molar-refractivity contribution in [1.29, 1.82) is 0 Å². The molecule has 0 aromatic rings. The zero-order valence-corrected chi connectivity index (χ0v) is 8.66. The molecule has 2 aliphatic rings. The molecule has 80 valence electrons. The molecule has 0 amide bonds. The van der Waals surface area contributed by atoms with Gasteiger partial charge in [-0.3, -0.25) is 4.79 Å². The third kappa shape index (κ3) is 1.65. The molecule has 1 N–H and O–H groups in total. The van der Waals surface area contributed by atoms with Gasteiger partial charge in [0, 0.05) is 0 Å². The summed E-state index contributed by atoms with van der Waals surface area (Å²) >= 11 is 0. The summed E-state index contributed by atoms with van der Waals surface area (Å²) in [5, 5.41) is 9.30. The predicted octanol–water partition coefficient (Wildman–Crippen LogP) is 1.49. The summed E-state index contributed by atoms with van der Waals surface area (Å²) in [5.41, 5.74) is 0.379. The van der Waals surface area contributed by atoms with Gasteiger partial charge in [0.1, 0.15) is 0 Å². The molecule has 0 aliphatic heterocycles. The lowest BCUT2D eigenvalue weighted by molar-refractivity contribution is -0.149. The van der Waals surface area contributed by atoms with Crippen molar-refractivity contribution in [1.82, 2.24) is 0 Å². The molecule has 0 aromatic carbocycles. The molecule has 2 fully saturated rings. The van der Waals surface area contributed by atoms with E-state index >= 15 is 0 Å². The van der Waals surface area contributed by atoms with Gasteiger partial charge in [0.25, 0.3) is 0 Å². The maximum atomic E-state index is 11.3. The van der Waals surface area contributed by atoms with E-state index in [0.717, 1.165) is 38.5 Å². The summed E-state index contributed by atoms with van der Waals surface area (Å²) in [4.78, 5) is 11.3. The SMILES string of the molecule is COC(=O)C1CCC2(CC1)CC(O)C2. The van der Waals surface area contributed by atoms with E-state index in [4.69, 9.17) is 4.74 Å². The van der Waals surface area contributed by atoms with Crippen molar-refractivity contribution in [3.63, 3.8) is 0 Å². The summed E-state index contributed by atoms with van der Waals surface area (Å²) < 4.78 is 4.74. The Balaban J connectivity index is 1.84. The Kier molecular flexibility index (Phi) is 2.52. The van der Waals surface area contributed by atoms with E-state index in [1.165, 1.54) is 7.11 Å². The van der Waals surface area contributed by atoms with Crippen LogP contribution in [0, 0.1) is 11.3 Å². The van der Waals surface area contributed by atoms with Crippen molar-refractivity contribution >= 4 is 5.97 Å². The quantitative estimate of drug-likeness (QED) is 0.649. The molecule has 0 bridgehead atoms. The Hall–Kier alpha value is -0.570. The second-order valence-corrected chi connectivity index (χ2v) is 4.86. The minimum absolute atomic E-state index is 0.0558. The second-order valence-electron chi connectivity index (χ2n) is 4.86. The monoisotopic (exact) mass is 198 g/mol. The van der Waals surface area contributed by atoms with E-state index in [1.54, 1.807) is 0 Å². The van der Waals surface area contributed by atoms with Crippen LogP contribution in [0.5, 0.6) is 0 Å². The first-order valence-corrected chi connectivity index (χ1v) is 5.41. The van der Waals surface area contributed by atoms with Gasteiger partial charge in [-0.1, -0.05) is 0 Å². The van der Waals surface area contributed by atoms with Gasteiger partial charge in [-0.15, -0.1) is 0 Å². The third-order valence-electron chi connectivity index (χ3n) is 3.92. The average Bonchev–Trinajstić information content (AvgIpc) is 2.16. The van der Waals surface area contributed by atoms with Crippen LogP contribution in [0.25, 0.3) is 0 Å². The number of esters is 1. The number of aliphatic hydroxyl groups excluding tert-OH is 1. The zero-order valence-electron chi connectivity index (χ0n) is 8.66. The highest BCUT2D eigenvalue weighted by atomic mass is 16.5. The van der Waals surface area contributed by atoms with Crippen molar-refractivity contribution in [3.8, 4) is 0 Å². The second kappa shape index (κ2) is 3.54. The normalized spacial score (nSPS) is 41.9. The Morgan fingerprint density at radius 3 is 2.36 bits per heavy atom. The van der Waals surface area contributed by atoms with Crippen molar-refractivity contribution in [3.05, 3.63) is 0 Å². The molecule has 0 unspecified atom stereocenters. The zero-order chi connectivity index (χ0) is 10.2. The fourth-order valence-corrected chi connectivity index (χ4v) is 2.98. The van der Waals surface area contributed by atoms with Crippen LogP contribution >= 0.6 is 0 Å². The average molecular weight is 198 g/mol. The molecular formula is C11H18O3. The molecule has 0 saturated heterocycles. The van der Waals surface area contributed by atoms with E-state index in [9.17, 15) is 9.90 Å². The standard InChI is InChI=1S/C11H18O3/c1-14-10(13)8-2-4-11(5-3-8)6-9(12)7-11/h8-9,12H,2-7H2,1H3. The van der Waals surface area contributed by atoms with Gasteiger partial charge in [0.2, 0.25) is 0 Å². The first-order valence-electron chi connectivity index (χ1n) is 5.41. The van der Waals surface area contributed by atoms with Gasteiger partial charge in [0.05, 0.1) is 19.1 Å². The molecule has 3 nitrogen and oxygen atoms in total. The van der Waals surface area contributed by atoms with E-state index in [0.29, 0.717) is 5.41 Å². The summed E-state index contributed by atoms with van der Waals surface area (Å²) in [5.74, 6) is 0.0584. The van der Waals surface area contributed by atoms with Crippen molar-refractivity contribution < 1.29 is 14.6 Å². The number of ether oxygens (including phenoxy) is 1. The van der Waals surface area contributed by atoms with Crippen LogP contribution in [0.4, 0.5) is 0 Å². The number of aliphatic hydroxyl groups is 1. The molecule has 0 radical (unpaired) electrons. The van der Waals surface area contributed by atoms with E-state index in [2.05, 4.69) is 0 Å². The summed E-state index contributed by atoms with van der Waals surface area (Å²) in [6.07, 6.45) is 5.87. The molecule has 14 heavy (non-hydrogen) atoms. The Labute approximate surface area is 84.4 Å². The lowest BCUT2D eigenvalue weighted by Crippen LogP contribution is -2.44. The smallest absolute Gasteiger partial charge is 0.308 e. The van der Waals surface area contributed by atoms with Crippen LogP contribution in [-0.2, 0) is 9.53 Å². The molecule has 3 heteroatoms. The van der Waals surface area contributed by atoms with Gasteiger partial charge >= 0.3 is 5.97 Å². The topological polar surface area (TPSA) is 46.5 Å². The molecule has 0 heterocycles. The Bertz CT molecular complexity index is 221. The molecule has 2 rings (SSSR count). The van der Waals surface area contributed by atoms with Gasteiger partial charge in [-0.2, -0.15) is 0 Å². The van der Waals surface area contributed by atoms with Crippen LogP contribution in [0.1, 0.15) is 38.5 Å². The van der Waals surface area contributed by atoms with Gasteiger partial charge in [-0.25, -0.2) is 0 Å². The number of hydrogen-bond donors (Lipinski definition) is 1. The van der Waals surface area contributed by atoms with Gasteiger partial charge in [-0.05, 0) is 43.9 Å². The van der Waals surface area contributed by atoms with Gasteiger partial charge in [0.15, 0.2) is 0 Å². The number of methoxy groups -OCH3 is 1. The van der Waals surface area contributed by atoms with Crippen molar-refractivity contribution in [2.45, 2.75) is 44.6 Å². The van der Waals surface area contributed by atoms with Crippen molar-refractivity contribution in [2.24, 2.45) is 11.3 Å². The number of carbonyl (C=O) groups excluding carboxylic acids is 1. The maximum absolute atomic E-state index is 11.3. The van der Waals surface area contributed by atoms with Crippen LogP contribution < -0.4 is 0 Å². The molecule has 1 spiro atoms. The number of carbonyl (C=O) groups is 1. The number of hydrogen-bond acceptors (Lipinski definition) is 3. The van der Waals surface area contributed by atoms with Crippen LogP contribution in [-0.4, -0.2) is 24.3 Å². The Morgan fingerprint density at radius 2 is 1.93 bits per heavy atom. The third-order valence-corrected chi connectivity index (χ3v) is 3.92. The fourth-order valence-electron chi connectivity index (χ4n) is 2.98. The molecule has 0 atom stereocenters. The lowest BCUT2D eigenvalue weighted by Gasteiger charge is -2.49. The fraction of sp³-hybridized carbons (Fsp3) is 0.909. The van der Waals surface area contributed by atoms with Crippen LogP contribution in [0.2, 0.25) is 0 Å². The molecule has 2 aliphatic carbocycles. The summed E-state index contributed by atoms with van der Waals surface area (Å²) in [7, 11) is 1.46. The maximum Gasteiger partial charge on any atom is 0.308 e. The number of rotatable bonds is 1. The first kappa shape index (κ1) is 9.97. The van der Waals surface area contributed by atoms with E-state index in [1.807, 2.05) is 0 Å². The Morgan fingerprint density at radius 1 is 1.36 bits per heavy atom. The van der Waals surface area contributed by atoms with Crippen molar-refractivity contribution in [2.75, 3.05) is 7.11 Å². The molecular weight excluding hydrogens is 180 g/mol. The van der Waals surface area contributed by atoms with E-state index < -0.39 is 0 Å². The highest BCUT2D eigenvalue weighted by molar-refractivity contribution is 5.72. The van der Waals surface area contributed by atoms with E-state index in [-0.39, 0.29) is 18.0 Å². The summed E-state index contributed by atoms with van der Waals surface area (Å²) in [6.45, 7) is 0. The molecule has 2 saturated carbocycles. The lowest BCUT2D eigenvalue weighted by atomic mass is 9.58. The van der Waals surface area contributed by atoms with Crippen LogP contribution in [0.3, 0.4) is 0 Å². The predicted molar refractivity (Wildman–Crippen MR) is 51.6 cm³/mol. The summed E-state index contributed by atoms with van der Waals surface area (Å²) in [6, 6.07) is 0. The van der Waals surface area contributed by atoms with Crippen LogP contribution in [0.15, 0.2) is 0 Å². The first-order chi connectivity index (χ1) is 6.65. The largest absolute Gasteiger partial charge is 0.469 e. The molecule has 0 aromatic heterocycles. The van der Waals surface area contributed by atoms with Gasteiger partial charge < -0.3 is 9.84 Å². The highest BCUT2D eigenvalue weighted by Crippen LogP contribution is 2.52. The minimum Gasteiger partial charge on any atom is -0.469 e. The minimum atomic E-state index is -0.0790. The highest BCUT2D eigenvalue weighted by Gasteiger charge is 2.46.